The van der Waals surface area contributed by atoms with Gasteiger partial charge in [0.05, 0.1) is 11.7 Å². The minimum atomic E-state index is -0.401. The first kappa shape index (κ1) is 22.6. The lowest BCUT2D eigenvalue weighted by atomic mass is 9.75. The van der Waals surface area contributed by atoms with Crippen molar-refractivity contribution in [1.29, 1.82) is 0 Å². The van der Waals surface area contributed by atoms with E-state index in [9.17, 15) is 9.59 Å². The summed E-state index contributed by atoms with van der Waals surface area (Å²) in [4.78, 5) is 28.6. The van der Waals surface area contributed by atoms with Crippen molar-refractivity contribution in [1.82, 2.24) is 5.32 Å². The first-order chi connectivity index (χ1) is 15.5. The van der Waals surface area contributed by atoms with Gasteiger partial charge in [-0.1, -0.05) is 12.1 Å². The van der Waals surface area contributed by atoms with Crippen LogP contribution >= 0.6 is 0 Å². The number of hydrogen-bond acceptors (Lipinski definition) is 6. The summed E-state index contributed by atoms with van der Waals surface area (Å²) in [6, 6.07) is 8.28. The summed E-state index contributed by atoms with van der Waals surface area (Å²) in [5.41, 5.74) is 5.07. The first-order valence-electron chi connectivity index (χ1n) is 11.9. The first-order valence-corrected chi connectivity index (χ1v) is 11.9. The van der Waals surface area contributed by atoms with E-state index < -0.39 is 5.92 Å². The number of esters is 1. The fourth-order valence-corrected chi connectivity index (χ4v) is 5.08. The quantitative estimate of drug-likeness (QED) is 0.643. The fourth-order valence-electron chi connectivity index (χ4n) is 5.08. The van der Waals surface area contributed by atoms with E-state index in [1.165, 1.54) is 0 Å². The van der Waals surface area contributed by atoms with Crippen LogP contribution in [0.15, 0.2) is 46.8 Å². The zero-order valence-corrected chi connectivity index (χ0v) is 19.4. The minimum absolute atomic E-state index is 0.0331. The Hall–Kier alpha value is -2.60. The van der Waals surface area contributed by atoms with E-state index in [0.29, 0.717) is 12.0 Å². The van der Waals surface area contributed by atoms with Gasteiger partial charge in [-0.25, -0.2) is 4.79 Å². The molecule has 3 aliphatic rings. The van der Waals surface area contributed by atoms with E-state index in [4.69, 9.17) is 9.47 Å². The lowest BCUT2D eigenvalue weighted by Gasteiger charge is -2.34. The number of ether oxygens (including phenoxy) is 2. The summed E-state index contributed by atoms with van der Waals surface area (Å²) in [6.45, 7) is 9.00. The highest BCUT2D eigenvalue weighted by atomic mass is 16.6. The Morgan fingerprint density at radius 2 is 1.91 bits per heavy atom. The molecule has 1 N–H and O–H groups in total. The van der Waals surface area contributed by atoms with E-state index in [1.807, 2.05) is 6.92 Å². The molecule has 2 atom stereocenters. The van der Waals surface area contributed by atoms with Crippen LogP contribution in [0.2, 0.25) is 0 Å². The second-order valence-corrected chi connectivity index (χ2v) is 8.76. The van der Waals surface area contributed by atoms with Crippen LogP contribution in [0.5, 0.6) is 0 Å². The normalized spacial score (nSPS) is 23.2. The predicted octanol–water partition coefficient (Wildman–Crippen LogP) is 4.22. The van der Waals surface area contributed by atoms with Crippen LogP contribution in [0, 0.1) is 0 Å². The Balaban J connectivity index is 1.67. The van der Waals surface area contributed by atoms with Gasteiger partial charge < -0.3 is 19.7 Å². The second kappa shape index (κ2) is 9.90. The van der Waals surface area contributed by atoms with Gasteiger partial charge in [0.15, 0.2) is 5.78 Å². The van der Waals surface area contributed by atoms with Gasteiger partial charge in [-0.05, 0) is 64.2 Å². The highest BCUT2D eigenvalue weighted by molar-refractivity contribution is 6.03. The van der Waals surface area contributed by atoms with Gasteiger partial charge >= 0.3 is 5.97 Å². The number of carbonyl (C=O) groups is 2. The minimum Gasteiger partial charge on any atom is -0.459 e. The van der Waals surface area contributed by atoms with E-state index in [-0.39, 0.29) is 24.5 Å². The Bertz CT molecular complexity index is 922. The Labute approximate surface area is 190 Å². The molecule has 2 heterocycles. The molecule has 1 aromatic rings. The number of ketones is 1. The molecule has 0 radical (unpaired) electrons. The fraction of sp³-hybridized carbons (Fsp3) is 0.538. The maximum atomic E-state index is 13.3. The Kier molecular flexibility index (Phi) is 6.99. The van der Waals surface area contributed by atoms with Crippen molar-refractivity contribution >= 4 is 17.4 Å². The van der Waals surface area contributed by atoms with Crippen molar-refractivity contribution < 1.29 is 19.1 Å². The average Bonchev–Trinajstić information content (AvgIpc) is 3.32. The monoisotopic (exact) mass is 438 g/mol. The van der Waals surface area contributed by atoms with Gasteiger partial charge in [-0.15, -0.1) is 0 Å². The molecule has 1 aromatic carbocycles. The highest BCUT2D eigenvalue weighted by Crippen LogP contribution is 2.42. The zero-order valence-electron chi connectivity index (χ0n) is 19.4. The van der Waals surface area contributed by atoms with Crippen LogP contribution in [0.3, 0.4) is 0 Å². The van der Waals surface area contributed by atoms with Crippen molar-refractivity contribution in [3.63, 3.8) is 0 Å². The molecule has 4 rings (SSSR count). The van der Waals surface area contributed by atoms with Gasteiger partial charge in [0.25, 0.3) is 0 Å². The van der Waals surface area contributed by atoms with Crippen LogP contribution in [0.1, 0.15) is 64.4 Å². The molecule has 2 aliphatic heterocycles. The molecule has 1 saturated heterocycles. The number of Topliss-reactive ketones (excluding diaryl/α,β-unsaturated/α-hetero) is 1. The molecular weight excluding hydrogens is 404 g/mol. The zero-order chi connectivity index (χ0) is 22.7. The van der Waals surface area contributed by atoms with Gasteiger partial charge in [-0.3, -0.25) is 4.79 Å². The lowest BCUT2D eigenvalue weighted by Crippen LogP contribution is -2.35. The van der Waals surface area contributed by atoms with E-state index in [2.05, 4.69) is 48.3 Å². The summed E-state index contributed by atoms with van der Waals surface area (Å²) >= 11 is 0. The molecule has 32 heavy (non-hydrogen) atoms. The Morgan fingerprint density at radius 3 is 2.56 bits per heavy atom. The number of benzene rings is 1. The van der Waals surface area contributed by atoms with Crippen LogP contribution in [0.25, 0.3) is 0 Å². The number of hydrogen-bond donors (Lipinski definition) is 1. The van der Waals surface area contributed by atoms with Crippen molar-refractivity contribution in [2.75, 3.05) is 31.2 Å². The molecule has 0 amide bonds. The molecule has 1 aliphatic carbocycles. The largest absolute Gasteiger partial charge is 0.459 e. The maximum Gasteiger partial charge on any atom is 0.336 e. The molecule has 6 heteroatoms. The molecule has 0 unspecified atom stereocenters. The van der Waals surface area contributed by atoms with Crippen LogP contribution in [-0.4, -0.2) is 44.2 Å². The van der Waals surface area contributed by atoms with Gasteiger partial charge in [-0.2, -0.15) is 0 Å². The topological polar surface area (TPSA) is 67.9 Å². The summed E-state index contributed by atoms with van der Waals surface area (Å²) in [6.07, 6.45) is 4.06. The standard InChI is InChI=1S/C26H34N2O4/c1-4-28(5-2)19-13-11-18(12-14-19)24-23(26(30)32-16-20-8-7-15-31-20)17(3)27-21-9-6-10-22(29)25(21)24/h11-14,20,24,27H,4-10,15-16H2,1-3H3/t20-,24+/m0/s1. The van der Waals surface area contributed by atoms with Crippen LogP contribution in [-0.2, 0) is 19.1 Å². The molecule has 6 nitrogen and oxygen atoms in total. The van der Waals surface area contributed by atoms with Gasteiger partial charge in [0.2, 0.25) is 0 Å². The van der Waals surface area contributed by atoms with Gasteiger partial charge in [0.1, 0.15) is 6.61 Å². The van der Waals surface area contributed by atoms with Crippen molar-refractivity contribution in [3.05, 3.63) is 52.4 Å². The van der Waals surface area contributed by atoms with E-state index >= 15 is 0 Å². The summed E-state index contributed by atoms with van der Waals surface area (Å²) in [5, 5.41) is 3.35. The SMILES string of the molecule is CCN(CC)c1ccc([C@@H]2C(C(=O)OC[C@@H]3CCCO3)=C(C)NC3=C2C(=O)CCC3)cc1. The molecule has 0 bridgehead atoms. The number of nitrogens with one attached hydrogen (secondary N) is 1. The number of rotatable bonds is 7. The number of anilines is 1. The molecular formula is C26H34N2O4. The summed E-state index contributed by atoms with van der Waals surface area (Å²) in [7, 11) is 0. The highest BCUT2D eigenvalue weighted by Gasteiger charge is 2.39. The molecule has 172 valence electrons. The van der Waals surface area contributed by atoms with Crippen LogP contribution in [0.4, 0.5) is 5.69 Å². The van der Waals surface area contributed by atoms with Crippen LogP contribution < -0.4 is 10.2 Å². The molecule has 0 spiro atoms. The smallest absolute Gasteiger partial charge is 0.336 e. The third-order valence-electron chi connectivity index (χ3n) is 6.78. The lowest BCUT2D eigenvalue weighted by molar-refractivity contribution is -0.142. The second-order valence-electron chi connectivity index (χ2n) is 8.76. The number of allylic oxidation sites excluding steroid dienone is 3. The van der Waals surface area contributed by atoms with Crippen molar-refractivity contribution in [2.45, 2.75) is 64.9 Å². The predicted molar refractivity (Wildman–Crippen MR) is 124 cm³/mol. The Morgan fingerprint density at radius 1 is 1.16 bits per heavy atom. The van der Waals surface area contributed by atoms with Crippen molar-refractivity contribution in [3.8, 4) is 0 Å². The third kappa shape index (κ3) is 4.46. The molecule has 0 aromatic heterocycles. The van der Waals surface area contributed by atoms with E-state index in [0.717, 1.165) is 73.6 Å². The number of dihydropyridines is 1. The van der Waals surface area contributed by atoms with Crippen molar-refractivity contribution in [2.24, 2.45) is 0 Å². The maximum absolute atomic E-state index is 13.3. The molecule has 0 saturated carbocycles. The van der Waals surface area contributed by atoms with Gasteiger partial charge in [0, 0.05) is 54.7 Å². The number of nitrogens with zero attached hydrogens (tertiary/aromatic N) is 1. The average molecular weight is 439 g/mol. The van der Waals surface area contributed by atoms with E-state index in [1.54, 1.807) is 0 Å². The summed E-state index contributed by atoms with van der Waals surface area (Å²) < 4.78 is 11.3. The third-order valence-corrected chi connectivity index (χ3v) is 6.78. The number of carbonyl (C=O) groups excluding carboxylic acids is 2. The molecule has 1 fully saturated rings. The summed E-state index contributed by atoms with van der Waals surface area (Å²) in [5.74, 6) is -0.650.